The van der Waals surface area contributed by atoms with E-state index >= 15 is 0 Å². The Morgan fingerprint density at radius 2 is 1.10 bits per heavy atom. The lowest BCUT2D eigenvalue weighted by Crippen LogP contribution is -2.25. The molecule has 0 aliphatic carbocycles. The minimum Gasteiger partial charge on any atom is -0.508 e. The van der Waals surface area contributed by atoms with E-state index in [9.17, 15) is 49.8 Å². The number of phenols is 4. The first kappa shape index (κ1) is 32.7. The van der Waals surface area contributed by atoms with E-state index in [1.54, 1.807) is 0 Å². The molecule has 0 aliphatic heterocycles. The number of carbonyl (C=O) groups is 4. The number of carbonyl (C=O) groups excluding carboxylic acids is 3. The molecule has 0 heterocycles. The Balaban J connectivity index is 2.05. The molecule has 224 valence electrons. The summed E-state index contributed by atoms with van der Waals surface area (Å²) in [6.07, 6.45) is -4.51. The van der Waals surface area contributed by atoms with E-state index in [2.05, 4.69) is 0 Å². The predicted molar refractivity (Wildman–Crippen MR) is 141 cm³/mol. The average Bonchev–Trinajstić information content (AvgIpc) is 2.76. The van der Waals surface area contributed by atoms with Crippen molar-refractivity contribution in [3.05, 3.63) is 46.5 Å². The van der Waals surface area contributed by atoms with E-state index < -0.39 is 71.8 Å². The van der Waals surface area contributed by atoms with Crippen molar-refractivity contribution in [3.8, 4) is 23.0 Å². The fraction of sp³-hybridized carbons (Fsp3) is 0.429. The molecule has 13 heteroatoms. The normalized spacial score (nSPS) is 13.9. The van der Waals surface area contributed by atoms with Gasteiger partial charge in [0, 0.05) is 25.0 Å². The summed E-state index contributed by atoms with van der Waals surface area (Å²) in [6.45, 7) is 5.81. The Morgan fingerprint density at radius 1 is 0.659 bits per heavy atom. The van der Waals surface area contributed by atoms with Crippen LogP contribution in [0.25, 0.3) is 0 Å². The van der Waals surface area contributed by atoms with Crippen LogP contribution in [-0.4, -0.2) is 78.9 Å². The van der Waals surface area contributed by atoms with Gasteiger partial charge in [-0.3, -0.25) is 9.59 Å². The van der Waals surface area contributed by atoms with Crippen molar-refractivity contribution >= 4 is 23.9 Å². The third-order valence-corrected chi connectivity index (χ3v) is 5.69. The Labute approximate surface area is 235 Å². The van der Waals surface area contributed by atoms with E-state index in [1.807, 2.05) is 0 Å². The van der Waals surface area contributed by atoms with Crippen LogP contribution in [0.15, 0.2) is 24.3 Å². The summed E-state index contributed by atoms with van der Waals surface area (Å²) in [7, 11) is 0. The molecule has 0 aliphatic rings. The number of aliphatic hydroxyl groups excluding tert-OH is 1. The molecule has 0 spiro atoms. The Bertz CT molecular complexity index is 1280. The smallest absolute Gasteiger partial charge is 0.342 e. The molecular weight excluding hydrogens is 544 g/mol. The molecule has 6 N–H and O–H groups in total. The lowest BCUT2D eigenvalue weighted by atomic mass is 10.00. The van der Waals surface area contributed by atoms with Crippen LogP contribution in [0.2, 0.25) is 0 Å². The molecule has 41 heavy (non-hydrogen) atoms. The molecule has 4 atom stereocenters. The van der Waals surface area contributed by atoms with Gasteiger partial charge in [-0.25, -0.2) is 9.59 Å². The van der Waals surface area contributed by atoms with Crippen molar-refractivity contribution in [2.75, 3.05) is 0 Å². The summed E-state index contributed by atoms with van der Waals surface area (Å²) in [5, 5.41) is 58.5. The molecule has 2 rings (SSSR count). The molecular formula is C28H34O13. The maximum absolute atomic E-state index is 12.9. The topological polar surface area (TPSA) is 217 Å². The number of benzene rings is 2. The zero-order chi connectivity index (χ0) is 31.0. The van der Waals surface area contributed by atoms with Crippen LogP contribution in [0.5, 0.6) is 23.0 Å². The van der Waals surface area contributed by atoms with Gasteiger partial charge in [0.05, 0.1) is 18.9 Å². The zero-order valence-electron chi connectivity index (χ0n) is 23.0. The van der Waals surface area contributed by atoms with Crippen molar-refractivity contribution in [2.45, 2.75) is 77.8 Å². The molecule has 2 aromatic rings. The maximum Gasteiger partial charge on any atom is 0.342 e. The van der Waals surface area contributed by atoms with Crippen LogP contribution in [0.1, 0.15) is 72.4 Å². The summed E-state index contributed by atoms with van der Waals surface area (Å²) in [5.41, 5.74) is -0.600. The molecule has 0 radical (unpaired) electrons. The van der Waals surface area contributed by atoms with Crippen molar-refractivity contribution in [3.63, 3.8) is 0 Å². The number of carboxylic acid groups (broad SMARTS) is 1. The van der Waals surface area contributed by atoms with Gasteiger partial charge >= 0.3 is 23.9 Å². The van der Waals surface area contributed by atoms with E-state index in [0.717, 1.165) is 18.2 Å². The Hall–Kier alpha value is -4.52. The lowest BCUT2D eigenvalue weighted by molar-refractivity contribution is -0.151. The van der Waals surface area contributed by atoms with E-state index in [0.29, 0.717) is 0 Å². The molecule has 0 saturated heterocycles. The van der Waals surface area contributed by atoms with Gasteiger partial charge in [0.15, 0.2) is 0 Å². The Morgan fingerprint density at radius 3 is 1.56 bits per heavy atom. The van der Waals surface area contributed by atoms with Crippen molar-refractivity contribution < 1.29 is 64.0 Å². The third-order valence-electron chi connectivity index (χ3n) is 5.69. The van der Waals surface area contributed by atoms with Crippen LogP contribution < -0.4 is 0 Å². The molecule has 13 nitrogen and oxygen atoms in total. The number of phenolic OH excluding ortho intramolecular Hbond substituents is 3. The first-order valence-corrected chi connectivity index (χ1v) is 12.7. The van der Waals surface area contributed by atoms with Crippen LogP contribution in [0.4, 0.5) is 0 Å². The summed E-state index contributed by atoms with van der Waals surface area (Å²) < 4.78 is 15.8. The summed E-state index contributed by atoms with van der Waals surface area (Å²) in [6, 6.07) is 4.13. The second kappa shape index (κ2) is 14.2. The monoisotopic (exact) mass is 578 g/mol. The van der Waals surface area contributed by atoms with Gasteiger partial charge in [-0.15, -0.1) is 0 Å². The molecule has 0 amide bonds. The van der Waals surface area contributed by atoms with Gasteiger partial charge in [0.1, 0.15) is 52.4 Å². The first-order valence-electron chi connectivity index (χ1n) is 12.7. The molecule has 2 aromatic carbocycles. The SMILES string of the molecule is C[C@H](Cc1cc(O)cc(O)c1C(=O)O)OC(=O)C[C@@H](C)OC(=O)c1c(O)cc(O)cc1C[C@@H](C)OC(=O)C[C@@H](C)O. The standard InChI is InChI=1S/C28H34O13/c1-13(29)5-23(34)39-15(3)7-18-10-20(31)12-22(33)26(18)28(38)41-16(4)8-24(35)40-14(2)6-17-9-19(30)11-21(32)25(17)27(36)37/h9-16,29-33H,5-8H2,1-4H3,(H,36,37)/t13-,14-,15-,16-/m1/s1. The highest BCUT2D eigenvalue weighted by atomic mass is 16.6. The number of carboxylic acids is 1. The molecule has 0 saturated carbocycles. The largest absolute Gasteiger partial charge is 0.508 e. The fourth-order valence-corrected chi connectivity index (χ4v) is 4.15. The number of aromatic hydroxyl groups is 4. The van der Waals surface area contributed by atoms with Crippen LogP contribution in [0.3, 0.4) is 0 Å². The van der Waals surface area contributed by atoms with Crippen LogP contribution in [-0.2, 0) is 36.6 Å². The summed E-state index contributed by atoms with van der Waals surface area (Å²) in [5.74, 6) is -5.89. The van der Waals surface area contributed by atoms with Crippen molar-refractivity contribution in [1.82, 2.24) is 0 Å². The minimum atomic E-state index is -1.43. The number of hydrogen-bond acceptors (Lipinski definition) is 12. The second-order valence-corrected chi connectivity index (χ2v) is 9.79. The van der Waals surface area contributed by atoms with Crippen molar-refractivity contribution in [2.24, 2.45) is 0 Å². The highest BCUT2D eigenvalue weighted by molar-refractivity contribution is 5.95. The van der Waals surface area contributed by atoms with Gasteiger partial charge in [-0.1, -0.05) is 0 Å². The highest BCUT2D eigenvalue weighted by Gasteiger charge is 2.26. The molecule has 0 bridgehead atoms. The predicted octanol–water partition coefficient (Wildman–Crippen LogP) is 2.56. The summed E-state index contributed by atoms with van der Waals surface area (Å²) in [4.78, 5) is 48.7. The van der Waals surface area contributed by atoms with Crippen LogP contribution in [0, 0.1) is 0 Å². The van der Waals surface area contributed by atoms with Crippen LogP contribution >= 0.6 is 0 Å². The highest BCUT2D eigenvalue weighted by Crippen LogP contribution is 2.31. The minimum absolute atomic E-state index is 0.0379. The number of rotatable bonds is 13. The first-order chi connectivity index (χ1) is 19.1. The third kappa shape index (κ3) is 9.87. The van der Waals surface area contributed by atoms with Gasteiger partial charge in [-0.2, -0.15) is 0 Å². The molecule has 0 fully saturated rings. The number of esters is 3. The van der Waals surface area contributed by atoms with Crippen molar-refractivity contribution in [1.29, 1.82) is 0 Å². The molecule has 0 unspecified atom stereocenters. The maximum atomic E-state index is 12.9. The van der Waals surface area contributed by atoms with Gasteiger partial charge in [0.2, 0.25) is 0 Å². The summed E-state index contributed by atoms with van der Waals surface area (Å²) >= 11 is 0. The lowest BCUT2D eigenvalue weighted by Gasteiger charge is -2.19. The van der Waals surface area contributed by atoms with Gasteiger partial charge in [0.25, 0.3) is 0 Å². The zero-order valence-corrected chi connectivity index (χ0v) is 23.0. The number of aromatic carboxylic acids is 1. The second-order valence-electron chi connectivity index (χ2n) is 9.79. The Kier molecular flexibility index (Phi) is 11.3. The van der Waals surface area contributed by atoms with E-state index in [4.69, 9.17) is 14.2 Å². The van der Waals surface area contributed by atoms with Gasteiger partial charge in [-0.05, 0) is 51.0 Å². The fourth-order valence-electron chi connectivity index (χ4n) is 4.15. The van der Waals surface area contributed by atoms with E-state index in [1.165, 1.54) is 33.8 Å². The number of ether oxygens (including phenoxy) is 3. The quantitative estimate of drug-likeness (QED) is 0.149. The average molecular weight is 579 g/mol. The number of aliphatic hydroxyl groups is 1. The van der Waals surface area contributed by atoms with Gasteiger partial charge < -0.3 is 44.8 Å². The molecule has 0 aromatic heterocycles. The van der Waals surface area contributed by atoms with E-state index in [-0.39, 0.29) is 47.5 Å². The number of hydrogen-bond donors (Lipinski definition) is 6.